The van der Waals surface area contributed by atoms with Gasteiger partial charge in [0.1, 0.15) is 11.1 Å². The van der Waals surface area contributed by atoms with Crippen LogP contribution in [0.3, 0.4) is 0 Å². The Bertz CT molecular complexity index is 617. The Balaban J connectivity index is 1.53. The smallest absolute Gasteiger partial charge is 0.236 e. The zero-order valence-electron chi connectivity index (χ0n) is 14.6. The van der Waals surface area contributed by atoms with Crippen LogP contribution in [-0.2, 0) is 9.59 Å². The highest BCUT2D eigenvalue weighted by Gasteiger charge is 2.58. The van der Waals surface area contributed by atoms with Crippen LogP contribution in [0.1, 0.15) is 45.4 Å². The van der Waals surface area contributed by atoms with E-state index >= 15 is 0 Å². The molecule has 7 heteroatoms. The number of rotatable bonds is 5. The van der Waals surface area contributed by atoms with Gasteiger partial charge in [-0.1, -0.05) is 32.4 Å². The highest BCUT2D eigenvalue weighted by Crippen LogP contribution is 2.54. The first-order valence-electron chi connectivity index (χ1n) is 9.42. The van der Waals surface area contributed by atoms with E-state index in [0.717, 1.165) is 24.4 Å². The van der Waals surface area contributed by atoms with Crippen LogP contribution < -0.4 is 0 Å². The van der Waals surface area contributed by atoms with Gasteiger partial charge in [0.15, 0.2) is 0 Å². The third kappa shape index (κ3) is 2.87. The molecular formula is C18H26N2O3S2. The summed E-state index contributed by atoms with van der Waals surface area (Å²) in [6.07, 6.45) is 6.19. The molecule has 0 bridgehead atoms. The third-order valence-electron chi connectivity index (χ3n) is 6.27. The number of hydrogen-bond acceptors (Lipinski definition) is 5. The molecule has 1 N–H and O–H groups in total. The molecule has 1 unspecified atom stereocenters. The summed E-state index contributed by atoms with van der Waals surface area (Å²) in [5, 5.41) is 9.73. The van der Waals surface area contributed by atoms with Gasteiger partial charge >= 0.3 is 0 Å². The van der Waals surface area contributed by atoms with Gasteiger partial charge in [-0.3, -0.25) is 19.4 Å². The number of nitrogens with zero attached hydrogens (tertiary/aromatic N) is 2. The van der Waals surface area contributed by atoms with Gasteiger partial charge in [0.05, 0.1) is 12.0 Å². The van der Waals surface area contributed by atoms with Gasteiger partial charge in [-0.05, 0) is 32.2 Å². The Hall–Kier alpha value is -0.500. The summed E-state index contributed by atoms with van der Waals surface area (Å²) in [6, 6.07) is 0.695. The quantitative estimate of drug-likeness (QED) is 0.564. The van der Waals surface area contributed by atoms with Crippen molar-refractivity contribution in [2.45, 2.75) is 63.0 Å². The molecule has 3 fully saturated rings. The lowest BCUT2D eigenvalue weighted by Gasteiger charge is -2.44. The fourth-order valence-electron chi connectivity index (χ4n) is 4.86. The molecule has 0 aromatic heterocycles. The van der Waals surface area contributed by atoms with Gasteiger partial charge in [0, 0.05) is 23.4 Å². The van der Waals surface area contributed by atoms with Crippen molar-refractivity contribution in [3.05, 3.63) is 10.6 Å². The van der Waals surface area contributed by atoms with Crippen molar-refractivity contribution in [2.24, 2.45) is 11.8 Å². The average Bonchev–Trinajstić information content (AvgIpc) is 3.31. The first kappa shape index (κ1) is 17.9. The zero-order chi connectivity index (χ0) is 17.7. The Morgan fingerprint density at radius 2 is 2.08 bits per heavy atom. The lowest BCUT2D eigenvalue weighted by molar-refractivity contribution is -0.154. The SMILES string of the molecule is CC[C@H](O)[C@@H]1C(=O)N2C(C(=O)S)=C(C3CCN(C4CCCC4)C3)S[C@H]12. The van der Waals surface area contributed by atoms with Crippen molar-refractivity contribution in [3.63, 3.8) is 0 Å². The predicted molar refractivity (Wildman–Crippen MR) is 101 cm³/mol. The molecule has 4 rings (SSSR count). The number of likely N-dealkylation sites (tertiary alicyclic amines) is 1. The minimum atomic E-state index is -0.629. The van der Waals surface area contributed by atoms with Crippen molar-refractivity contribution in [2.75, 3.05) is 13.1 Å². The van der Waals surface area contributed by atoms with Crippen molar-refractivity contribution in [1.82, 2.24) is 9.80 Å². The number of amides is 1. The zero-order valence-corrected chi connectivity index (χ0v) is 16.3. The highest BCUT2D eigenvalue weighted by molar-refractivity contribution is 8.04. The molecule has 4 atom stereocenters. The lowest BCUT2D eigenvalue weighted by Crippen LogP contribution is -2.61. The fourth-order valence-corrected chi connectivity index (χ4v) is 6.87. The maximum atomic E-state index is 12.5. The van der Waals surface area contributed by atoms with Crippen molar-refractivity contribution in [3.8, 4) is 0 Å². The average molecular weight is 383 g/mol. The Kier molecular flexibility index (Phi) is 4.94. The van der Waals surface area contributed by atoms with Crippen molar-refractivity contribution < 1.29 is 14.7 Å². The molecule has 0 aromatic carbocycles. The van der Waals surface area contributed by atoms with Crippen LogP contribution in [0.25, 0.3) is 0 Å². The summed E-state index contributed by atoms with van der Waals surface area (Å²) in [5.41, 5.74) is 0.487. The van der Waals surface area contributed by atoms with E-state index in [1.807, 2.05) is 6.92 Å². The number of fused-ring (bicyclic) bond motifs is 1. The minimum absolute atomic E-state index is 0.120. The fraction of sp³-hybridized carbons (Fsp3) is 0.778. The van der Waals surface area contributed by atoms with Gasteiger partial charge in [-0.15, -0.1) is 11.8 Å². The maximum absolute atomic E-state index is 12.5. The van der Waals surface area contributed by atoms with Gasteiger partial charge in [0.2, 0.25) is 11.0 Å². The lowest BCUT2D eigenvalue weighted by atomic mass is 9.89. The molecule has 3 heterocycles. The van der Waals surface area contributed by atoms with Crippen LogP contribution in [-0.4, -0.2) is 56.5 Å². The number of β-lactam (4-membered cyclic amide) rings is 1. The number of hydrogen-bond donors (Lipinski definition) is 2. The van der Waals surface area contributed by atoms with Gasteiger partial charge in [0.25, 0.3) is 0 Å². The first-order valence-corrected chi connectivity index (χ1v) is 10.7. The second-order valence-corrected chi connectivity index (χ2v) is 9.22. The van der Waals surface area contributed by atoms with Crippen LogP contribution in [0.5, 0.6) is 0 Å². The molecule has 5 nitrogen and oxygen atoms in total. The first-order chi connectivity index (χ1) is 12.0. The number of carbonyl (C=O) groups is 2. The number of aliphatic hydroxyl groups is 1. The van der Waals surface area contributed by atoms with E-state index in [9.17, 15) is 14.7 Å². The number of aliphatic hydroxyl groups excluding tert-OH is 1. The standard InChI is InChI=1S/C18H26N2O3S2/c1-2-12(21)13-16(22)20-14(18(23)24)15(25-17(13)20)10-7-8-19(9-10)11-5-3-4-6-11/h10-13,17,21H,2-9H2,1H3,(H,23,24)/t10?,12-,13+,17+/m0/s1. The summed E-state index contributed by atoms with van der Waals surface area (Å²) in [4.78, 5) is 29.9. The molecule has 2 saturated heterocycles. The Labute approximate surface area is 158 Å². The number of carbonyl (C=O) groups excluding carboxylic acids is 2. The van der Waals surface area contributed by atoms with E-state index in [-0.39, 0.29) is 22.3 Å². The second-order valence-electron chi connectivity index (χ2n) is 7.65. The van der Waals surface area contributed by atoms with Crippen molar-refractivity contribution >= 4 is 35.4 Å². The second kappa shape index (κ2) is 6.91. The predicted octanol–water partition coefficient (Wildman–Crippen LogP) is 2.22. The van der Waals surface area contributed by atoms with E-state index in [2.05, 4.69) is 17.5 Å². The molecular weight excluding hydrogens is 356 g/mol. The van der Waals surface area contributed by atoms with E-state index in [1.165, 1.54) is 25.7 Å². The highest BCUT2D eigenvalue weighted by atomic mass is 32.2. The molecule has 25 heavy (non-hydrogen) atoms. The van der Waals surface area contributed by atoms with Crippen molar-refractivity contribution in [1.29, 1.82) is 0 Å². The minimum Gasteiger partial charge on any atom is -0.392 e. The van der Waals surface area contributed by atoms with Gasteiger partial charge < -0.3 is 5.11 Å². The summed E-state index contributed by atoms with van der Waals surface area (Å²) in [6.45, 7) is 3.94. The third-order valence-corrected chi connectivity index (χ3v) is 8.01. The number of thioether (sulfide) groups is 1. The van der Waals surface area contributed by atoms with Crippen LogP contribution in [0.4, 0.5) is 0 Å². The molecule has 0 spiro atoms. The normalized spacial score (nSPS) is 34.6. The molecule has 1 amide bonds. The molecule has 0 aromatic rings. The monoisotopic (exact) mass is 382 g/mol. The summed E-state index contributed by atoms with van der Waals surface area (Å²) in [7, 11) is 0. The molecule has 0 radical (unpaired) electrons. The molecule has 4 aliphatic rings. The van der Waals surface area contributed by atoms with Crippen LogP contribution in [0.15, 0.2) is 10.6 Å². The van der Waals surface area contributed by atoms with Crippen LogP contribution in [0, 0.1) is 11.8 Å². The summed E-state index contributed by atoms with van der Waals surface area (Å²) < 4.78 is 0. The topological polar surface area (TPSA) is 60.9 Å². The van der Waals surface area contributed by atoms with Gasteiger partial charge in [-0.25, -0.2) is 0 Å². The van der Waals surface area contributed by atoms with E-state index in [0.29, 0.717) is 24.1 Å². The molecule has 1 aliphatic carbocycles. The van der Waals surface area contributed by atoms with Crippen LogP contribution in [0.2, 0.25) is 0 Å². The molecule has 3 aliphatic heterocycles. The van der Waals surface area contributed by atoms with E-state index < -0.39 is 6.10 Å². The largest absolute Gasteiger partial charge is 0.392 e. The Morgan fingerprint density at radius 3 is 2.72 bits per heavy atom. The molecule has 138 valence electrons. The summed E-state index contributed by atoms with van der Waals surface area (Å²) in [5.74, 6) is -0.193. The van der Waals surface area contributed by atoms with Gasteiger partial charge in [-0.2, -0.15) is 0 Å². The van der Waals surface area contributed by atoms with Crippen LogP contribution >= 0.6 is 24.4 Å². The van der Waals surface area contributed by atoms with E-state index in [4.69, 9.17) is 0 Å². The molecule has 1 saturated carbocycles. The summed E-state index contributed by atoms with van der Waals surface area (Å²) >= 11 is 5.68. The maximum Gasteiger partial charge on any atom is 0.236 e. The Morgan fingerprint density at radius 1 is 1.36 bits per heavy atom. The van der Waals surface area contributed by atoms with E-state index in [1.54, 1.807) is 16.7 Å². The number of thiol groups is 1.